The number of benzene rings is 1. The number of nitrogens with one attached hydrogen (secondary N) is 1. The Morgan fingerprint density at radius 1 is 1.33 bits per heavy atom. The van der Waals surface area contributed by atoms with Crippen molar-refractivity contribution in [1.29, 1.82) is 0 Å². The molecule has 0 amide bonds. The van der Waals surface area contributed by atoms with E-state index >= 15 is 0 Å². The zero-order chi connectivity index (χ0) is 10.3. The molecule has 0 saturated heterocycles. The molecule has 1 aromatic carbocycles. The van der Waals surface area contributed by atoms with Crippen molar-refractivity contribution in [3.05, 3.63) is 35.0 Å². The minimum absolute atomic E-state index is 0.710. The molecular formula is C12H12ClNO. The first-order chi connectivity index (χ1) is 7.31. The molecule has 78 valence electrons. The van der Waals surface area contributed by atoms with Crippen molar-refractivity contribution in [3.8, 4) is 0 Å². The molecule has 3 rings (SSSR count). The first-order valence-electron chi connectivity index (χ1n) is 5.22. The zero-order valence-corrected chi connectivity index (χ0v) is 9.05. The highest BCUT2D eigenvalue weighted by molar-refractivity contribution is 6.31. The minimum atomic E-state index is 0.710. The van der Waals surface area contributed by atoms with Crippen LogP contribution in [0.3, 0.4) is 0 Å². The number of furan rings is 1. The standard InChI is InChI=1S/C12H12ClNO/c13-9-2-1-8-5-11(15-12(8)6-9)7-14-10-3-4-10/h1-2,5-6,10,14H,3-4,7H2. The van der Waals surface area contributed by atoms with Crippen molar-refractivity contribution in [3.63, 3.8) is 0 Å². The van der Waals surface area contributed by atoms with E-state index in [1.54, 1.807) is 0 Å². The SMILES string of the molecule is Clc1ccc2cc(CNC3CC3)oc2c1. The monoisotopic (exact) mass is 221 g/mol. The van der Waals surface area contributed by atoms with Crippen LogP contribution in [0.2, 0.25) is 5.02 Å². The Bertz CT molecular complexity index is 487. The fourth-order valence-electron chi connectivity index (χ4n) is 1.68. The number of hydrogen-bond acceptors (Lipinski definition) is 2. The zero-order valence-electron chi connectivity index (χ0n) is 8.29. The highest BCUT2D eigenvalue weighted by Gasteiger charge is 2.20. The highest BCUT2D eigenvalue weighted by atomic mass is 35.5. The molecule has 1 aromatic heterocycles. The summed E-state index contributed by atoms with van der Waals surface area (Å²) in [6.07, 6.45) is 2.60. The van der Waals surface area contributed by atoms with Crippen molar-refractivity contribution in [2.24, 2.45) is 0 Å². The number of rotatable bonds is 3. The lowest BCUT2D eigenvalue weighted by atomic mass is 10.2. The Balaban J connectivity index is 1.84. The van der Waals surface area contributed by atoms with Crippen LogP contribution in [-0.2, 0) is 6.54 Å². The highest BCUT2D eigenvalue weighted by Crippen LogP contribution is 2.24. The molecule has 1 fully saturated rings. The van der Waals surface area contributed by atoms with E-state index in [0.717, 1.165) is 28.3 Å². The Kier molecular flexibility index (Phi) is 2.19. The minimum Gasteiger partial charge on any atom is -0.460 e. The summed E-state index contributed by atoms with van der Waals surface area (Å²) in [6.45, 7) is 0.816. The van der Waals surface area contributed by atoms with Crippen LogP contribution in [0.25, 0.3) is 11.0 Å². The topological polar surface area (TPSA) is 25.2 Å². The Labute approximate surface area is 93.2 Å². The molecule has 1 aliphatic carbocycles. The van der Waals surface area contributed by atoms with Gasteiger partial charge in [-0.1, -0.05) is 11.6 Å². The lowest BCUT2D eigenvalue weighted by Gasteiger charge is -1.96. The summed E-state index contributed by atoms with van der Waals surface area (Å²) < 4.78 is 5.68. The molecule has 0 unspecified atom stereocenters. The van der Waals surface area contributed by atoms with Gasteiger partial charge in [-0.15, -0.1) is 0 Å². The van der Waals surface area contributed by atoms with Crippen molar-refractivity contribution < 1.29 is 4.42 Å². The van der Waals surface area contributed by atoms with E-state index in [0.29, 0.717) is 6.04 Å². The van der Waals surface area contributed by atoms with E-state index in [-0.39, 0.29) is 0 Å². The molecule has 0 aliphatic heterocycles. The summed E-state index contributed by atoms with van der Waals surface area (Å²) >= 11 is 5.89. The first-order valence-corrected chi connectivity index (χ1v) is 5.60. The van der Waals surface area contributed by atoms with Crippen LogP contribution < -0.4 is 5.32 Å². The molecular weight excluding hydrogens is 210 g/mol. The molecule has 0 radical (unpaired) electrons. The molecule has 1 heterocycles. The molecule has 1 N–H and O–H groups in total. The second kappa shape index (κ2) is 3.54. The van der Waals surface area contributed by atoms with Crippen LogP contribution in [0.1, 0.15) is 18.6 Å². The average Bonchev–Trinajstić information content (AvgIpc) is 2.95. The quantitative estimate of drug-likeness (QED) is 0.860. The fourth-order valence-corrected chi connectivity index (χ4v) is 1.84. The smallest absolute Gasteiger partial charge is 0.135 e. The summed E-state index contributed by atoms with van der Waals surface area (Å²) in [5.74, 6) is 0.985. The number of hydrogen-bond donors (Lipinski definition) is 1. The van der Waals surface area contributed by atoms with E-state index in [2.05, 4.69) is 11.4 Å². The third-order valence-corrected chi connectivity index (χ3v) is 2.91. The van der Waals surface area contributed by atoms with E-state index in [1.807, 2.05) is 18.2 Å². The molecule has 1 saturated carbocycles. The van der Waals surface area contributed by atoms with E-state index < -0.39 is 0 Å². The second-order valence-electron chi connectivity index (χ2n) is 4.05. The predicted molar refractivity (Wildman–Crippen MR) is 61.1 cm³/mol. The van der Waals surface area contributed by atoms with E-state index in [4.69, 9.17) is 16.0 Å². The largest absolute Gasteiger partial charge is 0.460 e. The lowest BCUT2D eigenvalue weighted by molar-refractivity contribution is 0.512. The van der Waals surface area contributed by atoms with Crippen LogP contribution in [0.15, 0.2) is 28.7 Å². The molecule has 15 heavy (non-hydrogen) atoms. The lowest BCUT2D eigenvalue weighted by Crippen LogP contribution is -2.14. The van der Waals surface area contributed by atoms with Gasteiger partial charge >= 0.3 is 0 Å². The van der Waals surface area contributed by atoms with Gasteiger partial charge < -0.3 is 9.73 Å². The average molecular weight is 222 g/mol. The Hall–Kier alpha value is -0.990. The van der Waals surface area contributed by atoms with E-state index in [1.165, 1.54) is 12.8 Å². The van der Waals surface area contributed by atoms with Gasteiger partial charge in [0.1, 0.15) is 11.3 Å². The van der Waals surface area contributed by atoms with Gasteiger partial charge in [0.05, 0.1) is 6.54 Å². The molecule has 0 spiro atoms. The Morgan fingerprint density at radius 3 is 3.00 bits per heavy atom. The summed E-state index contributed by atoms with van der Waals surface area (Å²) in [6, 6.07) is 8.51. The van der Waals surface area contributed by atoms with Crippen LogP contribution in [-0.4, -0.2) is 6.04 Å². The van der Waals surface area contributed by atoms with E-state index in [9.17, 15) is 0 Å². The van der Waals surface area contributed by atoms with Gasteiger partial charge in [0.25, 0.3) is 0 Å². The maximum Gasteiger partial charge on any atom is 0.135 e. The molecule has 2 aromatic rings. The number of fused-ring (bicyclic) bond motifs is 1. The van der Waals surface area contributed by atoms with Gasteiger partial charge in [-0.05, 0) is 31.0 Å². The van der Waals surface area contributed by atoms with Gasteiger partial charge in [-0.3, -0.25) is 0 Å². The van der Waals surface area contributed by atoms with Crippen LogP contribution >= 0.6 is 11.6 Å². The van der Waals surface area contributed by atoms with Crippen molar-refractivity contribution >= 4 is 22.6 Å². The summed E-state index contributed by atoms with van der Waals surface area (Å²) in [7, 11) is 0. The molecule has 1 aliphatic rings. The molecule has 0 atom stereocenters. The summed E-state index contributed by atoms with van der Waals surface area (Å²) in [5, 5.41) is 5.26. The first kappa shape index (κ1) is 9.25. The van der Waals surface area contributed by atoms with Gasteiger partial charge in [0.2, 0.25) is 0 Å². The third-order valence-electron chi connectivity index (χ3n) is 2.68. The van der Waals surface area contributed by atoms with Gasteiger partial charge in [0, 0.05) is 22.5 Å². The second-order valence-corrected chi connectivity index (χ2v) is 4.49. The van der Waals surface area contributed by atoms with Crippen molar-refractivity contribution in [2.45, 2.75) is 25.4 Å². The van der Waals surface area contributed by atoms with Gasteiger partial charge in [0.15, 0.2) is 0 Å². The molecule has 0 bridgehead atoms. The summed E-state index contributed by atoms with van der Waals surface area (Å²) in [4.78, 5) is 0. The third kappa shape index (κ3) is 2.01. The van der Waals surface area contributed by atoms with Crippen molar-refractivity contribution in [1.82, 2.24) is 5.32 Å². The van der Waals surface area contributed by atoms with Gasteiger partial charge in [-0.2, -0.15) is 0 Å². The predicted octanol–water partition coefficient (Wildman–Crippen LogP) is 3.34. The molecule has 2 nitrogen and oxygen atoms in total. The van der Waals surface area contributed by atoms with Crippen LogP contribution in [0.4, 0.5) is 0 Å². The maximum atomic E-state index is 5.89. The number of halogens is 1. The molecule has 3 heteroatoms. The Morgan fingerprint density at radius 2 is 2.20 bits per heavy atom. The van der Waals surface area contributed by atoms with Gasteiger partial charge in [-0.25, -0.2) is 0 Å². The van der Waals surface area contributed by atoms with Crippen LogP contribution in [0.5, 0.6) is 0 Å². The van der Waals surface area contributed by atoms with Crippen LogP contribution in [0, 0.1) is 0 Å². The summed E-state index contributed by atoms with van der Waals surface area (Å²) in [5.41, 5.74) is 0.870. The fraction of sp³-hybridized carbons (Fsp3) is 0.333. The van der Waals surface area contributed by atoms with Crippen molar-refractivity contribution in [2.75, 3.05) is 0 Å². The normalized spacial score (nSPS) is 16.1. The maximum absolute atomic E-state index is 5.89.